The molecule has 2 aromatic heterocycles. The maximum Gasteiger partial charge on any atom is 0.243 e. The fourth-order valence-electron chi connectivity index (χ4n) is 4.05. The van der Waals surface area contributed by atoms with Gasteiger partial charge in [-0.1, -0.05) is 26.0 Å². The molecule has 0 radical (unpaired) electrons. The molecule has 3 heterocycles. The Morgan fingerprint density at radius 1 is 1.06 bits per heavy atom. The molecular weight excluding hydrogens is 424 g/mol. The molecule has 168 valence electrons. The van der Waals surface area contributed by atoms with Crippen molar-refractivity contribution in [3.05, 3.63) is 83.2 Å². The number of benzene rings is 1. The highest BCUT2D eigenvalue weighted by molar-refractivity contribution is 7.89. The lowest BCUT2D eigenvalue weighted by atomic mass is 10.0. The van der Waals surface area contributed by atoms with E-state index < -0.39 is 15.7 Å². The van der Waals surface area contributed by atoms with E-state index in [4.69, 9.17) is 14.4 Å². The second kappa shape index (κ2) is 8.60. The second-order valence-corrected chi connectivity index (χ2v) is 10.8. The van der Waals surface area contributed by atoms with Crippen molar-refractivity contribution in [1.82, 2.24) is 9.29 Å². The summed E-state index contributed by atoms with van der Waals surface area (Å²) in [6.45, 7) is 6.10. The maximum absolute atomic E-state index is 13.4. The first-order valence-electron chi connectivity index (χ1n) is 10.7. The van der Waals surface area contributed by atoms with E-state index in [1.165, 1.54) is 4.31 Å². The molecule has 1 aromatic carbocycles. The Morgan fingerprint density at radius 3 is 2.41 bits per heavy atom. The molecule has 32 heavy (non-hydrogen) atoms. The Morgan fingerprint density at radius 2 is 1.78 bits per heavy atom. The molecule has 4 rings (SSSR count). The van der Waals surface area contributed by atoms with Gasteiger partial charge in [-0.05, 0) is 55.2 Å². The average Bonchev–Trinajstić information content (AvgIpc) is 3.38. The molecule has 0 N–H and O–H groups in total. The van der Waals surface area contributed by atoms with Crippen molar-refractivity contribution in [3.8, 4) is 0 Å². The number of nitrogens with zero attached hydrogens (tertiary/aromatic N) is 4. The average molecular weight is 453 g/mol. The molecular formula is C24H28N4O3S. The van der Waals surface area contributed by atoms with Gasteiger partial charge in [0.25, 0.3) is 0 Å². The van der Waals surface area contributed by atoms with E-state index >= 15 is 0 Å². The van der Waals surface area contributed by atoms with E-state index in [0.29, 0.717) is 24.5 Å². The molecule has 0 aliphatic carbocycles. The molecule has 3 aromatic rings. The minimum Gasteiger partial charge on any atom is -0.468 e. The Hall–Kier alpha value is -2.84. The third-order valence-electron chi connectivity index (χ3n) is 5.64. The van der Waals surface area contributed by atoms with Crippen molar-refractivity contribution in [3.63, 3.8) is 0 Å². The van der Waals surface area contributed by atoms with Crippen molar-refractivity contribution in [2.45, 2.75) is 50.2 Å². The number of hydrogen-bond acceptors (Lipinski definition) is 6. The van der Waals surface area contributed by atoms with Gasteiger partial charge in [0, 0.05) is 19.7 Å². The topological polar surface area (TPSA) is 88.1 Å². The van der Waals surface area contributed by atoms with Gasteiger partial charge in [-0.15, -0.1) is 0 Å². The smallest absolute Gasteiger partial charge is 0.243 e. The van der Waals surface area contributed by atoms with Crippen LogP contribution >= 0.6 is 0 Å². The normalized spacial score (nSPS) is 18.9. The fraction of sp³-hybridized carbons (Fsp3) is 0.375. The first-order valence-corrected chi connectivity index (χ1v) is 12.1. The van der Waals surface area contributed by atoms with Gasteiger partial charge in [0.05, 0.1) is 28.8 Å². The van der Waals surface area contributed by atoms with Crippen LogP contribution in [0.15, 0.2) is 80.4 Å². The predicted octanol–water partition coefficient (Wildman–Crippen LogP) is 3.29. The summed E-state index contributed by atoms with van der Waals surface area (Å²) in [6.07, 6.45) is 6.22. The molecule has 1 aliphatic heterocycles. The lowest BCUT2D eigenvalue weighted by Crippen LogP contribution is -2.32. The molecule has 0 bridgehead atoms. The quantitative estimate of drug-likeness (QED) is 0.525. The highest BCUT2D eigenvalue weighted by atomic mass is 32.2. The Kier molecular flexibility index (Phi) is 6.01. The van der Waals surface area contributed by atoms with Crippen LogP contribution in [0.25, 0.3) is 0 Å². The number of sulfonamides is 1. The van der Waals surface area contributed by atoms with Crippen molar-refractivity contribution in [1.29, 1.82) is 0 Å². The van der Waals surface area contributed by atoms with Crippen LogP contribution in [0, 0.1) is 5.92 Å². The molecule has 0 saturated carbocycles. The summed E-state index contributed by atoms with van der Waals surface area (Å²) in [5, 5.41) is 1.61. The molecule has 7 nitrogen and oxygen atoms in total. The summed E-state index contributed by atoms with van der Waals surface area (Å²) in [4.78, 5) is 13.8. The fourth-order valence-corrected chi connectivity index (χ4v) is 5.39. The molecule has 0 amide bonds. The highest BCUT2D eigenvalue weighted by Crippen LogP contribution is 2.32. The predicted molar refractivity (Wildman–Crippen MR) is 121 cm³/mol. The molecule has 2 atom stereocenters. The number of aromatic nitrogens is 1. The van der Waals surface area contributed by atoms with E-state index in [1.807, 2.05) is 31.2 Å². The van der Waals surface area contributed by atoms with Gasteiger partial charge >= 0.3 is 0 Å². The summed E-state index contributed by atoms with van der Waals surface area (Å²) in [6, 6.07) is 12.1. The van der Waals surface area contributed by atoms with Crippen LogP contribution < -0.4 is 10.7 Å². The van der Waals surface area contributed by atoms with Crippen LogP contribution in [0.1, 0.15) is 44.6 Å². The Labute approximate surface area is 188 Å². The lowest BCUT2D eigenvalue weighted by molar-refractivity contribution is 0.280. The van der Waals surface area contributed by atoms with Crippen molar-refractivity contribution in [2.75, 3.05) is 7.05 Å². The van der Waals surface area contributed by atoms with Crippen molar-refractivity contribution >= 4 is 10.0 Å². The zero-order valence-electron chi connectivity index (χ0n) is 18.8. The minimum atomic E-state index is -3.69. The van der Waals surface area contributed by atoms with Gasteiger partial charge in [-0.3, -0.25) is 15.0 Å². The zero-order chi connectivity index (χ0) is 22.9. The molecule has 2 unspecified atom stereocenters. The molecule has 0 saturated heterocycles. The molecule has 1 aliphatic rings. The number of pyridine rings is 1. The van der Waals surface area contributed by atoms with E-state index in [-0.39, 0.29) is 10.9 Å². The van der Waals surface area contributed by atoms with E-state index in [0.717, 1.165) is 16.3 Å². The molecule has 0 spiro atoms. The van der Waals surface area contributed by atoms with E-state index in [1.54, 1.807) is 43.9 Å². The lowest BCUT2D eigenvalue weighted by Gasteiger charge is -2.27. The number of furan rings is 1. The largest absolute Gasteiger partial charge is 0.468 e. The van der Waals surface area contributed by atoms with E-state index in [2.05, 4.69) is 18.8 Å². The number of fused-ring (bicyclic) bond motifs is 1. The maximum atomic E-state index is 13.4. The first-order chi connectivity index (χ1) is 15.2. The first kappa shape index (κ1) is 22.4. The van der Waals surface area contributed by atoms with Crippen LogP contribution in [0.3, 0.4) is 0 Å². The van der Waals surface area contributed by atoms with Gasteiger partial charge in [-0.25, -0.2) is 8.42 Å². The van der Waals surface area contributed by atoms with Crippen LogP contribution in [-0.4, -0.2) is 30.4 Å². The van der Waals surface area contributed by atoms with Gasteiger partial charge in [0.2, 0.25) is 10.0 Å². The third-order valence-corrected chi connectivity index (χ3v) is 7.53. The van der Waals surface area contributed by atoms with Crippen LogP contribution in [-0.2, 0) is 16.4 Å². The summed E-state index contributed by atoms with van der Waals surface area (Å²) in [5.41, 5.74) is 0.344. The summed E-state index contributed by atoms with van der Waals surface area (Å²) >= 11 is 0. The van der Waals surface area contributed by atoms with Gasteiger partial charge in [0.1, 0.15) is 11.1 Å². The highest BCUT2D eigenvalue weighted by Gasteiger charge is 2.32. The van der Waals surface area contributed by atoms with Crippen LogP contribution in [0.2, 0.25) is 0 Å². The van der Waals surface area contributed by atoms with Crippen LogP contribution in [0.5, 0.6) is 0 Å². The van der Waals surface area contributed by atoms with Gasteiger partial charge < -0.3 is 4.42 Å². The summed E-state index contributed by atoms with van der Waals surface area (Å²) < 4.78 is 33.7. The van der Waals surface area contributed by atoms with E-state index in [9.17, 15) is 8.42 Å². The standard InChI is InChI=1S/C24H28N4O3S/c1-17(2)14-22(23-6-5-13-31-23)28(4)32(29,30)19-9-7-18(8-10-19)15-24(3)26-20-11-12-25-16-21(20)27-24/h5-13,16-17,22H,14-15H2,1-4H3. The van der Waals surface area contributed by atoms with Crippen molar-refractivity contribution in [2.24, 2.45) is 15.9 Å². The Bertz CT molecular complexity index is 1270. The monoisotopic (exact) mass is 452 g/mol. The van der Waals surface area contributed by atoms with Gasteiger partial charge in [0.15, 0.2) is 5.66 Å². The zero-order valence-corrected chi connectivity index (χ0v) is 19.6. The molecule has 0 fully saturated rings. The summed E-state index contributed by atoms with van der Waals surface area (Å²) in [7, 11) is -2.08. The van der Waals surface area contributed by atoms with Crippen LogP contribution in [0.4, 0.5) is 0 Å². The minimum absolute atomic E-state index is 0.252. The molecule has 8 heteroatoms. The number of hydrogen-bond donors (Lipinski definition) is 0. The van der Waals surface area contributed by atoms with Gasteiger partial charge in [-0.2, -0.15) is 4.31 Å². The second-order valence-electron chi connectivity index (χ2n) is 8.81. The SMILES string of the molecule is CC(C)CC(c1ccco1)N(C)S(=O)(=O)c1ccc(CC2(C)N=c3ccncc3=N2)cc1. The summed E-state index contributed by atoms with van der Waals surface area (Å²) in [5.74, 6) is 0.955. The Balaban J connectivity index is 1.56. The third kappa shape index (κ3) is 4.52. The number of rotatable bonds is 8. The van der Waals surface area contributed by atoms with Crippen molar-refractivity contribution < 1.29 is 12.8 Å².